The molecule has 0 saturated carbocycles. The second-order valence-corrected chi connectivity index (χ2v) is 26.1. The van der Waals surface area contributed by atoms with Gasteiger partial charge in [0.1, 0.15) is 5.60 Å². The second kappa shape index (κ2) is 31.9. The summed E-state index contributed by atoms with van der Waals surface area (Å²) >= 11 is 0. The Morgan fingerprint density at radius 3 is 1.75 bits per heavy atom. The van der Waals surface area contributed by atoms with E-state index < -0.39 is 104 Å². The number of methoxy groups -OCH3 is 6. The average molecular weight is 1280 g/mol. The van der Waals surface area contributed by atoms with Crippen LogP contribution in [0.25, 0.3) is 10.4 Å². The van der Waals surface area contributed by atoms with Crippen molar-refractivity contribution < 1.29 is 85.7 Å². The van der Waals surface area contributed by atoms with Gasteiger partial charge in [0.05, 0.1) is 125 Å². The molecule has 0 aromatic heterocycles. The number of allylic oxidation sites excluding steroid dienone is 6. The number of hydrogen-bond donors (Lipinski definition) is 3. The van der Waals surface area contributed by atoms with E-state index in [2.05, 4.69) is 26.0 Å². The lowest BCUT2D eigenvalue weighted by atomic mass is 9.55. The Balaban J connectivity index is 1.93. The Morgan fingerprint density at radius 2 is 1.18 bits per heavy atom. The number of azide groups is 1. The lowest BCUT2D eigenvalue weighted by Gasteiger charge is -2.48. The predicted octanol–water partition coefficient (Wildman–Crippen LogP) is 7.69. The van der Waals surface area contributed by atoms with Crippen LogP contribution in [0.1, 0.15) is 147 Å². The molecular formula is C64H97N9O18. The standard InChI is InChI=1S/C64H97N9O18/c1-37-50-39(19-22-44(75)82-12)60(6,7)57(68-50)53(70-58(81)91-59(3,4)5)52-40(18-21-43(74)66-26-28-88-30-32-90-33-31-89-29-27-67-73-65)62(9,35-48(79)86-16)55(69-52)38(2)51-41(20-23-45(76)83-13)63(10,36-49(80)87-17)64(11,72-51)56-42(34-47(78)85-15)61(8,54(37)71-56)25-24-46(77)84-14/h39-42,56,69H,18-36H2,1-17H3,(H,66,74)(H,70,81)/b50-37-,53-52+,55-38-/t39-,40-,41-,42+,56?,61-,62+,63+,64+/m1/s1. The molecule has 0 aromatic rings. The molecule has 9 atom stereocenters. The van der Waals surface area contributed by atoms with Crippen molar-refractivity contribution in [1.82, 2.24) is 16.0 Å². The minimum atomic E-state index is -1.50. The molecule has 8 bridgehead atoms. The summed E-state index contributed by atoms with van der Waals surface area (Å²) in [5.74, 6) is -6.89. The fourth-order valence-electron chi connectivity index (χ4n) is 14.0. The number of nitrogens with zero attached hydrogens (tertiary/aromatic N) is 6. The Morgan fingerprint density at radius 1 is 0.637 bits per heavy atom. The Hall–Kier alpha value is -7.22. The number of alkyl carbamates (subject to hydrolysis) is 1. The van der Waals surface area contributed by atoms with Gasteiger partial charge in [0.15, 0.2) is 0 Å². The molecule has 5 heterocycles. The maximum absolute atomic E-state index is 14.7. The van der Waals surface area contributed by atoms with E-state index in [0.717, 1.165) is 0 Å². The van der Waals surface area contributed by atoms with Crippen molar-refractivity contribution in [1.29, 1.82) is 0 Å². The van der Waals surface area contributed by atoms with Gasteiger partial charge in [-0.1, -0.05) is 39.7 Å². The van der Waals surface area contributed by atoms with E-state index in [-0.39, 0.29) is 122 Å². The van der Waals surface area contributed by atoms with Gasteiger partial charge in [-0.3, -0.25) is 53.9 Å². The molecule has 1 saturated heterocycles. The largest absolute Gasteiger partial charge is 0.469 e. The van der Waals surface area contributed by atoms with E-state index in [0.29, 0.717) is 58.6 Å². The number of hydrogen-bond acceptors (Lipinski definition) is 23. The molecule has 5 rings (SSSR count). The SMILES string of the molecule is COC(=O)CC[C@@H]1/C2=C(\C)C3=NC([C@H](CC(=O)OC)[C@@]3(C)CCC(=O)OC)[C@]3(C)N=C(/C(C)=C4\N/C(=C(/NC(=O)OC(C)(C)C)C(=N2)C1(C)C)[C@@H](CCC(=O)NCCOCCOCCOCCN=[N+]=[N-])[C@]4(C)CC(=O)OC)[C@@H](CCC(=O)OC)[C@]3(C)CC(=O)OC. The molecule has 0 radical (unpaired) electrons. The summed E-state index contributed by atoms with van der Waals surface area (Å²) in [6.07, 6.45) is -1.77. The zero-order valence-electron chi connectivity index (χ0n) is 56.4. The number of ether oxygens (including phenoxy) is 10. The van der Waals surface area contributed by atoms with E-state index in [4.69, 9.17) is 67.9 Å². The van der Waals surface area contributed by atoms with Crippen molar-refractivity contribution >= 4 is 65.0 Å². The molecule has 2 amide bonds. The summed E-state index contributed by atoms with van der Waals surface area (Å²) in [4.78, 5) is 132. The van der Waals surface area contributed by atoms with E-state index in [1.165, 1.54) is 42.7 Å². The summed E-state index contributed by atoms with van der Waals surface area (Å²) in [5, 5.41) is 13.2. The van der Waals surface area contributed by atoms with Gasteiger partial charge in [-0.05, 0) is 83.9 Å². The van der Waals surface area contributed by atoms with Gasteiger partial charge >= 0.3 is 41.9 Å². The first-order valence-electron chi connectivity index (χ1n) is 31.0. The zero-order valence-corrected chi connectivity index (χ0v) is 56.4. The normalized spacial score (nSPS) is 28.8. The molecule has 27 nitrogen and oxygen atoms in total. The number of carbonyl (C=O) groups excluding carboxylic acids is 8. The van der Waals surface area contributed by atoms with Crippen LogP contribution in [0.2, 0.25) is 0 Å². The van der Waals surface area contributed by atoms with Crippen LogP contribution in [0, 0.1) is 45.3 Å². The number of esters is 6. The zero-order chi connectivity index (χ0) is 67.9. The number of nitrogens with one attached hydrogen (secondary N) is 3. The number of amides is 2. The fraction of sp³-hybridized carbons (Fsp3) is 0.734. The first-order valence-corrected chi connectivity index (χ1v) is 31.0. The van der Waals surface area contributed by atoms with Gasteiger partial charge in [-0.15, -0.1) is 0 Å². The van der Waals surface area contributed by atoms with Gasteiger partial charge in [-0.25, -0.2) is 4.79 Å². The third-order valence-electron chi connectivity index (χ3n) is 19.1. The number of carbonyl (C=O) groups is 8. The van der Waals surface area contributed by atoms with E-state index >= 15 is 0 Å². The highest BCUT2D eigenvalue weighted by atomic mass is 16.6. The maximum atomic E-state index is 14.7. The van der Waals surface area contributed by atoms with Crippen molar-refractivity contribution in [2.75, 3.05) is 95.4 Å². The summed E-state index contributed by atoms with van der Waals surface area (Å²) in [6, 6.07) is -1.00. The highest BCUT2D eigenvalue weighted by Crippen LogP contribution is 2.63. The van der Waals surface area contributed by atoms with Gasteiger partial charge in [0.2, 0.25) is 5.91 Å². The highest BCUT2D eigenvalue weighted by Gasteiger charge is 2.67. The summed E-state index contributed by atoms with van der Waals surface area (Å²) in [6.45, 7) is 22.1. The molecule has 3 N–H and O–H groups in total. The van der Waals surface area contributed by atoms with Crippen LogP contribution in [-0.4, -0.2) is 178 Å². The molecule has 1 unspecified atom stereocenters. The van der Waals surface area contributed by atoms with Crippen LogP contribution in [-0.2, 0) is 80.9 Å². The second-order valence-electron chi connectivity index (χ2n) is 26.1. The molecule has 0 aromatic carbocycles. The molecule has 506 valence electrons. The molecule has 5 aliphatic heterocycles. The smallest absolute Gasteiger partial charge is 0.412 e. The molecule has 0 spiro atoms. The van der Waals surface area contributed by atoms with Crippen LogP contribution < -0.4 is 16.0 Å². The van der Waals surface area contributed by atoms with Crippen LogP contribution in [0.3, 0.4) is 0 Å². The van der Waals surface area contributed by atoms with E-state index in [1.54, 1.807) is 20.8 Å². The lowest BCUT2D eigenvalue weighted by Crippen LogP contribution is -2.55. The Labute approximate surface area is 534 Å². The number of rotatable bonds is 31. The van der Waals surface area contributed by atoms with Gasteiger partial charge < -0.3 is 58.0 Å². The van der Waals surface area contributed by atoms with Gasteiger partial charge in [-0.2, -0.15) is 0 Å². The minimum absolute atomic E-state index is 0.0431. The highest BCUT2D eigenvalue weighted by molar-refractivity contribution is 6.12. The van der Waals surface area contributed by atoms with Crippen molar-refractivity contribution in [2.45, 2.75) is 164 Å². The minimum Gasteiger partial charge on any atom is -0.469 e. The summed E-state index contributed by atoms with van der Waals surface area (Å²) in [5.41, 5.74) is 4.52. The third kappa shape index (κ3) is 17.1. The molecular weight excluding hydrogens is 1180 g/mol. The first-order chi connectivity index (χ1) is 42.8. The van der Waals surface area contributed by atoms with Crippen LogP contribution >= 0.6 is 0 Å². The van der Waals surface area contributed by atoms with Crippen LogP contribution in [0.5, 0.6) is 0 Å². The molecule has 1 fully saturated rings. The first kappa shape index (κ1) is 74.5. The quantitative estimate of drug-likeness (QED) is 0.0149. The topological polar surface area (TPSA) is 351 Å². The monoisotopic (exact) mass is 1280 g/mol. The van der Waals surface area contributed by atoms with Crippen LogP contribution in [0.4, 0.5) is 4.79 Å². The predicted molar refractivity (Wildman–Crippen MR) is 334 cm³/mol. The molecule has 27 heteroatoms. The van der Waals surface area contributed by atoms with Crippen molar-refractivity contribution in [3.8, 4) is 0 Å². The van der Waals surface area contributed by atoms with E-state index in [9.17, 15) is 38.4 Å². The Bertz CT molecular complexity index is 2990. The third-order valence-corrected chi connectivity index (χ3v) is 19.1. The number of fused-ring (bicyclic) bond motifs is 6. The molecule has 5 aliphatic rings. The maximum Gasteiger partial charge on any atom is 0.412 e. The number of aliphatic imine (C=N–C) groups is 3. The van der Waals surface area contributed by atoms with Gasteiger partial charge in [0.25, 0.3) is 0 Å². The molecule has 91 heavy (non-hydrogen) atoms. The molecule has 0 aliphatic carbocycles. The van der Waals surface area contributed by atoms with Crippen molar-refractivity contribution in [2.24, 2.45) is 65.4 Å². The van der Waals surface area contributed by atoms with Gasteiger partial charge in [0, 0.05) is 118 Å². The fourth-order valence-corrected chi connectivity index (χ4v) is 14.0. The Kier molecular flexibility index (Phi) is 26.1. The van der Waals surface area contributed by atoms with Crippen molar-refractivity contribution in [3.05, 3.63) is 44.4 Å². The summed E-state index contributed by atoms with van der Waals surface area (Å²) < 4.78 is 54.8. The average Bonchev–Trinajstić information content (AvgIpc) is 1.53. The van der Waals surface area contributed by atoms with E-state index in [1.807, 2.05) is 55.4 Å². The van der Waals surface area contributed by atoms with Crippen LogP contribution in [0.15, 0.2) is 54.0 Å². The lowest BCUT2D eigenvalue weighted by molar-refractivity contribution is -0.147. The van der Waals surface area contributed by atoms with Crippen molar-refractivity contribution in [3.63, 3.8) is 0 Å². The summed E-state index contributed by atoms with van der Waals surface area (Å²) in [7, 11) is 7.68.